The SMILES string of the molecule is CC[C@@H](C)NC(=O)[C@H](C)N(Cc1ccc(C)cc1)C(=O)CCCN(c1ccccc1C)S(C)(=O)=O. The maximum atomic E-state index is 13.3. The first-order chi connectivity index (χ1) is 16.4. The van der Waals surface area contributed by atoms with Crippen LogP contribution in [0.3, 0.4) is 0 Å². The van der Waals surface area contributed by atoms with Crippen molar-refractivity contribution in [1.29, 1.82) is 0 Å². The van der Waals surface area contributed by atoms with Gasteiger partial charge in [-0.15, -0.1) is 0 Å². The third-order valence-corrected chi connectivity index (χ3v) is 7.36. The summed E-state index contributed by atoms with van der Waals surface area (Å²) >= 11 is 0. The van der Waals surface area contributed by atoms with Gasteiger partial charge in [0.15, 0.2) is 0 Å². The Morgan fingerprint density at radius 3 is 2.20 bits per heavy atom. The number of carbonyl (C=O) groups excluding carboxylic acids is 2. The zero-order valence-corrected chi connectivity index (χ0v) is 22.6. The van der Waals surface area contributed by atoms with Crippen LogP contribution in [0.4, 0.5) is 5.69 Å². The predicted molar refractivity (Wildman–Crippen MR) is 142 cm³/mol. The van der Waals surface area contributed by atoms with Gasteiger partial charge in [-0.25, -0.2) is 8.42 Å². The highest BCUT2D eigenvalue weighted by Gasteiger charge is 2.27. The van der Waals surface area contributed by atoms with E-state index >= 15 is 0 Å². The lowest BCUT2D eigenvalue weighted by Gasteiger charge is -2.30. The van der Waals surface area contributed by atoms with E-state index in [2.05, 4.69) is 5.32 Å². The minimum atomic E-state index is -3.51. The second-order valence-electron chi connectivity index (χ2n) is 9.23. The van der Waals surface area contributed by atoms with E-state index in [0.717, 1.165) is 23.1 Å². The minimum absolute atomic E-state index is 0.0127. The number of sulfonamides is 1. The van der Waals surface area contributed by atoms with Crippen LogP contribution in [-0.2, 0) is 26.2 Å². The van der Waals surface area contributed by atoms with E-state index in [1.165, 1.54) is 10.6 Å². The fraction of sp³-hybridized carbons (Fsp3) is 0.481. The summed E-state index contributed by atoms with van der Waals surface area (Å²) in [6, 6.07) is 14.5. The summed E-state index contributed by atoms with van der Waals surface area (Å²) in [7, 11) is -3.51. The molecule has 0 aliphatic rings. The van der Waals surface area contributed by atoms with Crippen molar-refractivity contribution in [1.82, 2.24) is 10.2 Å². The summed E-state index contributed by atoms with van der Waals surface area (Å²) in [5.74, 6) is -0.381. The third-order valence-electron chi connectivity index (χ3n) is 6.18. The molecule has 0 heterocycles. The van der Waals surface area contributed by atoms with Gasteiger partial charge < -0.3 is 10.2 Å². The number of nitrogens with zero attached hydrogens (tertiary/aromatic N) is 2. The van der Waals surface area contributed by atoms with Crippen molar-refractivity contribution < 1.29 is 18.0 Å². The summed E-state index contributed by atoms with van der Waals surface area (Å²) in [5.41, 5.74) is 3.51. The Labute approximate surface area is 210 Å². The maximum Gasteiger partial charge on any atom is 0.242 e. The van der Waals surface area contributed by atoms with Crippen LogP contribution in [-0.4, -0.2) is 50.0 Å². The molecule has 1 N–H and O–H groups in total. The molecule has 35 heavy (non-hydrogen) atoms. The second kappa shape index (κ2) is 12.7. The number of anilines is 1. The summed E-state index contributed by atoms with van der Waals surface area (Å²) in [4.78, 5) is 27.8. The molecule has 2 rings (SSSR count). The molecule has 0 aromatic heterocycles. The molecule has 0 aliphatic heterocycles. The molecule has 2 atom stereocenters. The van der Waals surface area contributed by atoms with Crippen molar-refractivity contribution in [2.75, 3.05) is 17.1 Å². The first-order valence-electron chi connectivity index (χ1n) is 12.1. The van der Waals surface area contributed by atoms with Crippen LogP contribution in [0, 0.1) is 13.8 Å². The van der Waals surface area contributed by atoms with Gasteiger partial charge in [-0.2, -0.15) is 0 Å². The first kappa shape index (κ1) is 28.4. The molecule has 2 aromatic carbocycles. The molecule has 0 unspecified atom stereocenters. The first-order valence-corrected chi connectivity index (χ1v) is 14.0. The third kappa shape index (κ3) is 8.38. The van der Waals surface area contributed by atoms with E-state index in [1.54, 1.807) is 24.0 Å². The van der Waals surface area contributed by atoms with E-state index in [1.807, 2.05) is 64.1 Å². The summed E-state index contributed by atoms with van der Waals surface area (Å²) in [5, 5.41) is 2.96. The Morgan fingerprint density at radius 1 is 1.00 bits per heavy atom. The molecule has 0 spiro atoms. The Hall–Kier alpha value is -2.87. The molecule has 2 amide bonds. The summed E-state index contributed by atoms with van der Waals surface area (Å²) in [6.07, 6.45) is 2.44. The molecule has 0 radical (unpaired) electrons. The van der Waals surface area contributed by atoms with Crippen LogP contribution in [0.25, 0.3) is 0 Å². The van der Waals surface area contributed by atoms with Crippen molar-refractivity contribution >= 4 is 27.5 Å². The summed E-state index contributed by atoms with van der Waals surface area (Å²) in [6.45, 7) is 10.0. The monoisotopic (exact) mass is 501 g/mol. The van der Waals surface area contributed by atoms with Gasteiger partial charge in [0, 0.05) is 25.6 Å². The topological polar surface area (TPSA) is 86.8 Å². The van der Waals surface area contributed by atoms with Gasteiger partial charge >= 0.3 is 0 Å². The lowest BCUT2D eigenvalue weighted by Crippen LogP contribution is -2.49. The van der Waals surface area contributed by atoms with E-state index in [-0.39, 0.29) is 30.8 Å². The number of hydrogen-bond donors (Lipinski definition) is 1. The molecular formula is C27H39N3O4S. The number of nitrogens with one attached hydrogen (secondary N) is 1. The van der Waals surface area contributed by atoms with Gasteiger partial charge in [0.05, 0.1) is 11.9 Å². The lowest BCUT2D eigenvalue weighted by atomic mass is 10.1. The van der Waals surface area contributed by atoms with Gasteiger partial charge in [-0.1, -0.05) is 55.0 Å². The second-order valence-corrected chi connectivity index (χ2v) is 11.1. The fourth-order valence-electron chi connectivity index (χ4n) is 3.76. The standard InChI is InChI=1S/C27H39N3O4S/c1-7-22(4)28-27(32)23(5)29(19-24-16-14-20(2)15-17-24)26(31)13-10-18-30(35(6,33)34)25-12-9-8-11-21(25)3/h8-9,11-12,14-17,22-23H,7,10,13,18-19H2,1-6H3,(H,28,32)/t22-,23+/m1/s1. The van der Waals surface area contributed by atoms with Gasteiger partial charge in [-0.3, -0.25) is 13.9 Å². The zero-order chi connectivity index (χ0) is 26.2. The van der Waals surface area contributed by atoms with Gasteiger partial charge in [-0.05, 0) is 57.7 Å². The largest absolute Gasteiger partial charge is 0.352 e. The fourth-order valence-corrected chi connectivity index (χ4v) is 4.79. The van der Waals surface area contributed by atoms with Crippen molar-refractivity contribution in [3.8, 4) is 0 Å². The van der Waals surface area contributed by atoms with Crippen molar-refractivity contribution in [2.24, 2.45) is 0 Å². The number of hydrogen-bond acceptors (Lipinski definition) is 4. The molecule has 2 aromatic rings. The van der Waals surface area contributed by atoms with Crippen LogP contribution in [0.2, 0.25) is 0 Å². The number of rotatable bonds is 12. The van der Waals surface area contributed by atoms with Crippen molar-refractivity contribution in [3.63, 3.8) is 0 Å². The minimum Gasteiger partial charge on any atom is -0.352 e. The molecular weight excluding hydrogens is 462 g/mol. The van der Waals surface area contributed by atoms with E-state index in [9.17, 15) is 18.0 Å². The van der Waals surface area contributed by atoms with Crippen molar-refractivity contribution in [3.05, 3.63) is 65.2 Å². The van der Waals surface area contributed by atoms with Gasteiger partial charge in [0.1, 0.15) is 6.04 Å². The molecule has 0 saturated heterocycles. The Bertz CT molecular complexity index is 1100. The number of carbonyl (C=O) groups is 2. The Balaban J connectivity index is 2.17. The number of para-hydroxylation sites is 1. The average Bonchev–Trinajstić information content (AvgIpc) is 2.80. The number of amides is 2. The van der Waals surface area contributed by atoms with E-state index in [0.29, 0.717) is 18.7 Å². The Kier molecular flexibility index (Phi) is 10.3. The molecule has 0 aliphatic carbocycles. The van der Waals surface area contributed by atoms with Crippen molar-refractivity contribution in [2.45, 2.75) is 72.5 Å². The smallest absolute Gasteiger partial charge is 0.242 e. The van der Waals surface area contributed by atoms with Crippen LogP contribution in [0.5, 0.6) is 0 Å². The van der Waals surface area contributed by atoms with Crippen LogP contribution in [0.1, 0.15) is 56.7 Å². The number of benzene rings is 2. The molecule has 8 heteroatoms. The van der Waals surface area contributed by atoms with Crippen LogP contribution >= 0.6 is 0 Å². The molecule has 0 saturated carbocycles. The van der Waals surface area contributed by atoms with E-state index < -0.39 is 16.1 Å². The average molecular weight is 502 g/mol. The zero-order valence-electron chi connectivity index (χ0n) is 21.7. The summed E-state index contributed by atoms with van der Waals surface area (Å²) < 4.78 is 26.3. The Morgan fingerprint density at radius 2 is 1.63 bits per heavy atom. The molecule has 0 bridgehead atoms. The van der Waals surface area contributed by atoms with Crippen LogP contribution < -0.4 is 9.62 Å². The highest BCUT2D eigenvalue weighted by Crippen LogP contribution is 2.23. The molecule has 0 fully saturated rings. The maximum absolute atomic E-state index is 13.3. The highest BCUT2D eigenvalue weighted by molar-refractivity contribution is 7.92. The van der Waals surface area contributed by atoms with Gasteiger partial charge in [0.25, 0.3) is 0 Å². The lowest BCUT2D eigenvalue weighted by molar-refractivity contribution is -0.140. The highest BCUT2D eigenvalue weighted by atomic mass is 32.2. The quantitative estimate of drug-likeness (QED) is 0.473. The van der Waals surface area contributed by atoms with E-state index in [4.69, 9.17) is 0 Å². The van der Waals surface area contributed by atoms with Gasteiger partial charge in [0.2, 0.25) is 21.8 Å². The molecule has 7 nitrogen and oxygen atoms in total. The predicted octanol–water partition coefficient (Wildman–Crippen LogP) is 4.18. The number of aryl methyl sites for hydroxylation is 2. The normalized spacial score (nSPS) is 13.1. The van der Waals surface area contributed by atoms with Crippen LogP contribution in [0.15, 0.2) is 48.5 Å². The molecule has 192 valence electrons.